The summed E-state index contributed by atoms with van der Waals surface area (Å²) in [5, 5.41) is 5.81. The first-order valence-corrected chi connectivity index (χ1v) is 7.74. The lowest BCUT2D eigenvalue weighted by Gasteiger charge is -2.18. The highest BCUT2D eigenvalue weighted by Crippen LogP contribution is 2.33. The molecule has 3 amide bonds. The average Bonchev–Trinajstić information content (AvgIpc) is 2.95. The summed E-state index contributed by atoms with van der Waals surface area (Å²) in [5.74, 6) is 0.668. The molecule has 1 fully saturated rings. The molecule has 3 rings (SSSR count). The zero-order chi connectivity index (χ0) is 15.5. The molecule has 2 aliphatic rings. The lowest BCUT2D eigenvalue weighted by molar-refractivity contribution is -0.118. The minimum Gasteiger partial charge on any atom is -0.491 e. The first-order chi connectivity index (χ1) is 10.6. The summed E-state index contributed by atoms with van der Waals surface area (Å²) in [6.45, 7) is 0.380. The van der Waals surface area contributed by atoms with Gasteiger partial charge in [-0.2, -0.15) is 0 Å². The predicted octanol–water partition coefficient (Wildman–Crippen LogP) is 2.50. The van der Waals surface area contributed by atoms with E-state index in [1.807, 2.05) is 0 Å². The summed E-state index contributed by atoms with van der Waals surface area (Å²) in [7, 11) is 1.72. The largest absolute Gasteiger partial charge is 0.491 e. The molecule has 0 atom stereocenters. The van der Waals surface area contributed by atoms with Crippen molar-refractivity contribution >= 4 is 23.3 Å². The summed E-state index contributed by atoms with van der Waals surface area (Å²) >= 11 is 0. The van der Waals surface area contributed by atoms with E-state index in [1.54, 1.807) is 30.1 Å². The number of carbonyl (C=O) groups is 2. The van der Waals surface area contributed by atoms with Gasteiger partial charge in [-0.05, 0) is 31.0 Å². The maximum atomic E-state index is 12.0. The Kier molecular flexibility index (Phi) is 4.18. The second kappa shape index (κ2) is 6.25. The van der Waals surface area contributed by atoms with Crippen molar-refractivity contribution in [3.05, 3.63) is 18.2 Å². The first-order valence-electron chi connectivity index (χ1n) is 7.74. The Morgan fingerprint density at radius 1 is 1.32 bits per heavy atom. The summed E-state index contributed by atoms with van der Waals surface area (Å²) in [5.41, 5.74) is 1.33. The maximum absolute atomic E-state index is 12.0. The second-order valence-corrected chi connectivity index (χ2v) is 5.81. The van der Waals surface area contributed by atoms with Crippen LogP contribution in [0.3, 0.4) is 0 Å². The third-order valence-electron chi connectivity index (χ3n) is 4.22. The van der Waals surface area contributed by atoms with Crippen LogP contribution in [0.15, 0.2) is 18.2 Å². The molecule has 1 aromatic carbocycles. The van der Waals surface area contributed by atoms with Crippen LogP contribution in [0.4, 0.5) is 16.2 Å². The molecule has 1 aromatic rings. The van der Waals surface area contributed by atoms with Crippen LogP contribution in [0.5, 0.6) is 5.75 Å². The van der Waals surface area contributed by atoms with Gasteiger partial charge in [-0.3, -0.25) is 4.79 Å². The molecule has 6 nitrogen and oxygen atoms in total. The Morgan fingerprint density at radius 3 is 2.86 bits per heavy atom. The normalized spacial score (nSPS) is 18.4. The number of hydrogen-bond donors (Lipinski definition) is 2. The molecule has 1 aliphatic heterocycles. The molecule has 0 aromatic heterocycles. The number of benzene rings is 1. The molecular weight excluding hydrogens is 282 g/mol. The number of carbonyl (C=O) groups excluding carboxylic acids is 2. The van der Waals surface area contributed by atoms with E-state index in [0.29, 0.717) is 30.2 Å². The van der Waals surface area contributed by atoms with Crippen LogP contribution in [-0.4, -0.2) is 31.6 Å². The van der Waals surface area contributed by atoms with Crippen molar-refractivity contribution in [2.45, 2.75) is 38.1 Å². The van der Waals surface area contributed by atoms with Gasteiger partial charge >= 0.3 is 6.03 Å². The molecule has 1 heterocycles. The highest BCUT2D eigenvalue weighted by atomic mass is 16.5. The van der Waals surface area contributed by atoms with Crippen LogP contribution in [0, 0.1) is 0 Å². The summed E-state index contributed by atoms with van der Waals surface area (Å²) < 4.78 is 5.57. The second-order valence-electron chi connectivity index (χ2n) is 5.81. The molecule has 2 N–H and O–H groups in total. The Hall–Kier alpha value is -2.24. The molecule has 6 heteroatoms. The lowest BCUT2D eigenvalue weighted by Crippen LogP contribution is -2.36. The third-order valence-corrected chi connectivity index (χ3v) is 4.22. The number of anilines is 2. The number of fused-ring (bicyclic) bond motifs is 1. The topological polar surface area (TPSA) is 70.7 Å². The minimum atomic E-state index is -0.199. The summed E-state index contributed by atoms with van der Waals surface area (Å²) in [6, 6.07) is 5.42. The molecule has 0 saturated heterocycles. The van der Waals surface area contributed by atoms with Gasteiger partial charge in [-0.15, -0.1) is 0 Å². The van der Waals surface area contributed by atoms with Gasteiger partial charge in [0, 0.05) is 18.8 Å². The smallest absolute Gasteiger partial charge is 0.319 e. The van der Waals surface area contributed by atoms with E-state index in [2.05, 4.69) is 10.6 Å². The third kappa shape index (κ3) is 3.16. The first kappa shape index (κ1) is 14.7. The van der Waals surface area contributed by atoms with Crippen molar-refractivity contribution in [1.29, 1.82) is 0 Å². The summed E-state index contributed by atoms with van der Waals surface area (Å²) in [4.78, 5) is 25.5. The van der Waals surface area contributed by atoms with E-state index >= 15 is 0 Å². The molecule has 0 spiro atoms. The zero-order valence-corrected chi connectivity index (χ0v) is 12.7. The SMILES string of the molecule is CN1C(=O)CCOc2ccc(NC(=O)NC3CCCC3)cc21. The van der Waals surface area contributed by atoms with Gasteiger partial charge in [0.1, 0.15) is 5.75 Å². The van der Waals surface area contributed by atoms with E-state index in [9.17, 15) is 9.59 Å². The standard InChI is InChI=1S/C16H21N3O3/c1-19-13-10-12(6-7-14(13)22-9-8-15(19)20)18-16(21)17-11-4-2-3-5-11/h6-7,10-11H,2-5,8-9H2,1H3,(H2,17,18,21). The van der Waals surface area contributed by atoms with Crippen molar-refractivity contribution < 1.29 is 14.3 Å². The molecule has 118 valence electrons. The number of nitrogens with zero attached hydrogens (tertiary/aromatic N) is 1. The summed E-state index contributed by atoms with van der Waals surface area (Å²) in [6.07, 6.45) is 4.80. The van der Waals surface area contributed by atoms with Crippen molar-refractivity contribution in [1.82, 2.24) is 5.32 Å². The fraction of sp³-hybridized carbons (Fsp3) is 0.500. The zero-order valence-electron chi connectivity index (χ0n) is 12.7. The fourth-order valence-corrected chi connectivity index (χ4v) is 2.95. The van der Waals surface area contributed by atoms with Crippen LogP contribution in [0.25, 0.3) is 0 Å². The molecule has 1 aliphatic carbocycles. The fourth-order valence-electron chi connectivity index (χ4n) is 2.95. The number of ether oxygens (including phenoxy) is 1. The Bertz CT molecular complexity index is 582. The van der Waals surface area contributed by atoms with Crippen LogP contribution in [0.1, 0.15) is 32.1 Å². The number of nitrogens with one attached hydrogen (secondary N) is 2. The van der Waals surface area contributed by atoms with Gasteiger partial charge in [0.05, 0.1) is 18.7 Å². The molecule has 0 bridgehead atoms. The van der Waals surface area contributed by atoms with Gasteiger partial charge in [-0.1, -0.05) is 12.8 Å². The molecule has 1 saturated carbocycles. The average molecular weight is 303 g/mol. The van der Waals surface area contributed by atoms with Crippen molar-refractivity contribution in [3.8, 4) is 5.75 Å². The number of amides is 3. The van der Waals surface area contributed by atoms with E-state index < -0.39 is 0 Å². The van der Waals surface area contributed by atoms with Crippen LogP contribution in [-0.2, 0) is 4.79 Å². The van der Waals surface area contributed by atoms with Crippen molar-refractivity contribution in [3.63, 3.8) is 0 Å². The van der Waals surface area contributed by atoms with Gasteiger partial charge in [-0.25, -0.2) is 4.79 Å². The van der Waals surface area contributed by atoms with Gasteiger partial charge in [0.25, 0.3) is 0 Å². The quantitative estimate of drug-likeness (QED) is 0.882. The molecule has 0 radical (unpaired) electrons. The van der Waals surface area contributed by atoms with Crippen LogP contribution in [0.2, 0.25) is 0 Å². The van der Waals surface area contributed by atoms with Crippen molar-refractivity contribution in [2.24, 2.45) is 0 Å². The van der Waals surface area contributed by atoms with Gasteiger partial charge < -0.3 is 20.3 Å². The Morgan fingerprint density at radius 2 is 2.09 bits per heavy atom. The van der Waals surface area contributed by atoms with E-state index in [0.717, 1.165) is 12.8 Å². The van der Waals surface area contributed by atoms with E-state index in [1.165, 1.54) is 12.8 Å². The van der Waals surface area contributed by atoms with Crippen molar-refractivity contribution in [2.75, 3.05) is 23.9 Å². The highest BCUT2D eigenvalue weighted by molar-refractivity contribution is 5.97. The number of hydrogen-bond acceptors (Lipinski definition) is 3. The van der Waals surface area contributed by atoms with Gasteiger partial charge in [0.15, 0.2) is 0 Å². The minimum absolute atomic E-state index is 0.00584. The molecule has 0 unspecified atom stereocenters. The van der Waals surface area contributed by atoms with Crippen LogP contribution < -0.4 is 20.3 Å². The lowest BCUT2D eigenvalue weighted by atomic mass is 10.2. The van der Waals surface area contributed by atoms with Gasteiger partial charge in [0.2, 0.25) is 5.91 Å². The Labute approximate surface area is 129 Å². The van der Waals surface area contributed by atoms with Crippen LogP contribution >= 0.6 is 0 Å². The molecular formula is C16H21N3O3. The van der Waals surface area contributed by atoms with E-state index in [-0.39, 0.29) is 18.0 Å². The predicted molar refractivity (Wildman–Crippen MR) is 84.4 cm³/mol. The molecule has 22 heavy (non-hydrogen) atoms. The number of rotatable bonds is 2. The Balaban J connectivity index is 1.71. The number of urea groups is 1. The van der Waals surface area contributed by atoms with E-state index in [4.69, 9.17) is 4.74 Å². The highest BCUT2D eigenvalue weighted by Gasteiger charge is 2.21. The monoisotopic (exact) mass is 303 g/mol. The maximum Gasteiger partial charge on any atom is 0.319 e.